The minimum absolute atomic E-state index is 0.199. The number of pyridine rings is 2. The van der Waals surface area contributed by atoms with E-state index < -0.39 is 6.04 Å². The summed E-state index contributed by atoms with van der Waals surface area (Å²) in [5.41, 5.74) is 4.54. The van der Waals surface area contributed by atoms with E-state index in [1.807, 2.05) is 48.1 Å². The minimum Gasteiger partial charge on any atom is -0.479 e. The second-order valence-electron chi connectivity index (χ2n) is 14.4. The molecule has 14 nitrogen and oxygen atoms in total. The Morgan fingerprint density at radius 2 is 1.70 bits per heavy atom. The topological polar surface area (TPSA) is 158 Å². The van der Waals surface area contributed by atoms with Crippen LogP contribution >= 0.6 is 0 Å². The lowest BCUT2D eigenvalue weighted by molar-refractivity contribution is -0.135. The number of para-hydroxylation sites is 1. The quantitative estimate of drug-likeness (QED) is 0.230. The molecule has 278 valence electrons. The number of carbonyl (C=O) groups excluding carboxylic acids is 3. The van der Waals surface area contributed by atoms with Gasteiger partial charge in [-0.15, -0.1) is 0 Å². The van der Waals surface area contributed by atoms with E-state index >= 15 is 0 Å². The SMILES string of the molecule is CN1CCC(c2cccc3c2n(C)c(=O)n3C2CCC(=O)NC2=O)CC1.COc1nc(NC(=O)c2cccc(C)n2)cc2cn(C3CCCCC3)nc12. The summed E-state index contributed by atoms with van der Waals surface area (Å²) in [6.45, 7) is 3.94. The van der Waals surface area contributed by atoms with Crippen molar-refractivity contribution in [3.05, 3.63) is 76.1 Å². The Morgan fingerprint density at radius 3 is 2.42 bits per heavy atom. The average Bonchev–Trinajstić information content (AvgIpc) is 3.70. The summed E-state index contributed by atoms with van der Waals surface area (Å²) in [7, 11) is 5.46. The van der Waals surface area contributed by atoms with Gasteiger partial charge in [-0.1, -0.05) is 37.5 Å². The predicted molar refractivity (Wildman–Crippen MR) is 201 cm³/mol. The fourth-order valence-corrected chi connectivity index (χ4v) is 7.96. The van der Waals surface area contributed by atoms with Crippen LogP contribution in [0.1, 0.15) is 97.5 Å². The zero-order chi connectivity index (χ0) is 37.2. The minimum atomic E-state index is -0.628. The average molecular weight is 722 g/mol. The standard InChI is InChI=1S/C20H23N5O2.C19H24N4O3/c1-13-7-6-10-16(21-13)19(26)22-17-11-14-12-25(15-8-4-3-5-9-15)24-18(14)20(23-17)27-2;1-21-10-8-12(9-11-21)13-4-3-5-14-17(13)22(2)19(26)23(14)15-6-7-16(24)20-18(15)25/h6-7,10-12,15H,3-5,8-9H2,1-2H3,(H,22,26);3-5,12,15H,6-11H2,1-2H3,(H,20,24,25). The maximum atomic E-state index is 13.0. The summed E-state index contributed by atoms with van der Waals surface area (Å²) in [5.74, 6) is 0.294. The predicted octanol–water partition coefficient (Wildman–Crippen LogP) is 5.03. The van der Waals surface area contributed by atoms with Gasteiger partial charge in [0.05, 0.1) is 24.2 Å². The molecule has 53 heavy (non-hydrogen) atoms. The van der Waals surface area contributed by atoms with E-state index in [-0.39, 0.29) is 29.8 Å². The van der Waals surface area contributed by atoms with Crippen LogP contribution in [-0.2, 0) is 16.6 Å². The number of methoxy groups -OCH3 is 1. The van der Waals surface area contributed by atoms with Gasteiger partial charge in [0.25, 0.3) is 5.91 Å². The van der Waals surface area contributed by atoms with Crippen molar-refractivity contribution < 1.29 is 19.1 Å². The van der Waals surface area contributed by atoms with Crippen LogP contribution in [0, 0.1) is 6.92 Å². The number of aromatic nitrogens is 6. The van der Waals surface area contributed by atoms with Crippen LogP contribution < -0.4 is 21.1 Å². The Kier molecular flexibility index (Phi) is 10.4. The van der Waals surface area contributed by atoms with Gasteiger partial charge >= 0.3 is 5.69 Å². The van der Waals surface area contributed by atoms with Crippen LogP contribution in [0.3, 0.4) is 0 Å². The molecule has 4 aromatic heterocycles. The number of imide groups is 1. The number of hydrogen-bond donors (Lipinski definition) is 2. The summed E-state index contributed by atoms with van der Waals surface area (Å²) in [5, 5.41) is 10.8. The lowest BCUT2D eigenvalue weighted by Crippen LogP contribution is -2.44. The Labute approximate surface area is 307 Å². The number of aryl methyl sites for hydroxylation is 2. The van der Waals surface area contributed by atoms with Crippen molar-refractivity contribution in [1.82, 2.24) is 39.1 Å². The Morgan fingerprint density at radius 1 is 0.943 bits per heavy atom. The van der Waals surface area contributed by atoms with Crippen molar-refractivity contribution in [1.29, 1.82) is 0 Å². The normalized spacial score (nSPS) is 18.8. The molecule has 2 aliphatic heterocycles. The number of ether oxygens (including phenoxy) is 1. The molecule has 0 bridgehead atoms. The Hall–Kier alpha value is -5.37. The first kappa shape index (κ1) is 36.0. The third-order valence-electron chi connectivity index (χ3n) is 10.8. The van der Waals surface area contributed by atoms with Gasteiger partial charge in [-0.25, -0.2) is 9.78 Å². The molecule has 1 aromatic carbocycles. The summed E-state index contributed by atoms with van der Waals surface area (Å²) < 4.78 is 10.7. The highest BCUT2D eigenvalue weighted by atomic mass is 16.5. The number of rotatable bonds is 6. The third kappa shape index (κ3) is 7.45. The first-order valence-corrected chi connectivity index (χ1v) is 18.5. The number of carbonyl (C=O) groups is 3. The molecule has 1 aliphatic carbocycles. The van der Waals surface area contributed by atoms with Gasteiger partial charge in [0.2, 0.25) is 17.7 Å². The molecule has 1 saturated carbocycles. The molecule has 0 spiro atoms. The van der Waals surface area contributed by atoms with E-state index in [4.69, 9.17) is 9.84 Å². The number of amides is 3. The number of anilines is 1. The smallest absolute Gasteiger partial charge is 0.329 e. The van der Waals surface area contributed by atoms with Crippen molar-refractivity contribution in [3.8, 4) is 5.88 Å². The van der Waals surface area contributed by atoms with E-state index in [0.717, 1.165) is 66.4 Å². The van der Waals surface area contributed by atoms with Crippen molar-refractivity contribution in [2.75, 3.05) is 32.6 Å². The molecule has 8 rings (SSSR count). The first-order chi connectivity index (χ1) is 25.6. The van der Waals surface area contributed by atoms with Crippen LogP contribution in [0.2, 0.25) is 0 Å². The maximum Gasteiger partial charge on any atom is 0.329 e. The summed E-state index contributed by atoms with van der Waals surface area (Å²) >= 11 is 0. The van der Waals surface area contributed by atoms with E-state index in [9.17, 15) is 19.2 Å². The number of imidazole rings is 1. The second kappa shape index (κ2) is 15.3. The monoisotopic (exact) mass is 721 g/mol. The van der Waals surface area contributed by atoms with Gasteiger partial charge in [-0.05, 0) is 94.9 Å². The molecule has 1 unspecified atom stereocenters. The van der Waals surface area contributed by atoms with Crippen molar-refractivity contribution in [2.45, 2.75) is 82.7 Å². The van der Waals surface area contributed by atoms with Crippen molar-refractivity contribution in [2.24, 2.45) is 7.05 Å². The molecule has 3 amide bonds. The molecule has 5 aromatic rings. The van der Waals surface area contributed by atoms with E-state index in [2.05, 4.69) is 38.6 Å². The number of likely N-dealkylation sites (tertiary alicyclic amines) is 1. The first-order valence-electron chi connectivity index (χ1n) is 18.5. The van der Waals surface area contributed by atoms with Crippen molar-refractivity contribution >= 4 is 45.5 Å². The van der Waals surface area contributed by atoms with Gasteiger partial charge in [-0.2, -0.15) is 10.1 Å². The number of piperidine rings is 2. The van der Waals surface area contributed by atoms with Gasteiger partial charge in [0.1, 0.15) is 17.6 Å². The number of fused-ring (bicyclic) bond motifs is 2. The lowest BCUT2D eigenvalue weighted by Gasteiger charge is -2.29. The molecule has 14 heteroatoms. The van der Waals surface area contributed by atoms with Gasteiger partial charge in [0, 0.05) is 30.7 Å². The molecule has 3 fully saturated rings. The largest absolute Gasteiger partial charge is 0.479 e. The Balaban J connectivity index is 0.000000164. The molecular weight excluding hydrogens is 674 g/mol. The number of hydrogen-bond acceptors (Lipinski definition) is 9. The highest BCUT2D eigenvalue weighted by Crippen LogP contribution is 2.34. The third-order valence-corrected chi connectivity index (χ3v) is 10.8. The molecule has 3 aliphatic rings. The van der Waals surface area contributed by atoms with Crippen LogP contribution in [0.4, 0.5) is 5.82 Å². The summed E-state index contributed by atoms with van der Waals surface area (Å²) in [6, 6.07) is 12.9. The van der Waals surface area contributed by atoms with Gasteiger partial charge in [-0.3, -0.25) is 33.5 Å². The van der Waals surface area contributed by atoms with Crippen LogP contribution in [0.15, 0.2) is 53.5 Å². The fraction of sp³-hybridized carbons (Fsp3) is 0.462. The summed E-state index contributed by atoms with van der Waals surface area (Å²) in [6.07, 6.45) is 10.8. The molecular formula is C39H47N9O5. The van der Waals surface area contributed by atoms with Gasteiger partial charge in [0.15, 0.2) is 5.52 Å². The molecule has 6 heterocycles. The van der Waals surface area contributed by atoms with E-state index in [0.29, 0.717) is 35.8 Å². The zero-order valence-electron chi connectivity index (χ0n) is 30.8. The van der Waals surface area contributed by atoms with Crippen LogP contribution in [-0.4, -0.2) is 78.8 Å². The highest BCUT2D eigenvalue weighted by Gasteiger charge is 2.32. The number of nitrogens with one attached hydrogen (secondary N) is 2. The van der Waals surface area contributed by atoms with Gasteiger partial charge < -0.3 is 15.0 Å². The lowest BCUT2D eigenvalue weighted by atomic mass is 9.88. The molecule has 0 radical (unpaired) electrons. The van der Waals surface area contributed by atoms with Crippen LogP contribution in [0.25, 0.3) is 21.9 Å². The van der Waals surface area contributed by atoms with E-state index in [1.165, 1.54) is 24.8 Å². The molecule has 1 atom stereocenters. The molecule has 2 N–H and O–H groups in total. The maximum absolute atomic E-state index is 13.0. The zero-order valence-corrected chi connectivity index (χ0v) is 30.8. The van der Waals surface area contributed by atoms with Crippen molar-refractivity contribution in [3.63, 3.8) is 0 Å². The summed E-state index contributed by atoms with van der Waals surface area (Å²) in [4.78, 5) is 60.2. The van der Waals surface area contributed by atoms with E-state index in [1.54, 1.807) is 29.4 Å². The number of nitrogens with zero attached hydrogens (tertiary/aromatic N) is 7. The highest BCUT2D eigenvalue weighted by molar-refractivity contribution is 6.03. The number of benzene rings is 1. The Bertz CT molecular complexity index is 2220. The molecule has 2 saturated heterocycles. The second-order valence-corrected chi connectivity index (χ2v) is 14.4. The fourth-order valence-electron chi connectivity index (χ4n) is 7.96. The van der Waals surface area contributed by atoms with Crippen LogP contribution in [0.5, 0.6) is 5.88 Å².